The lowest BCUT2D eigenvalue weighted by Crippen LogP contribution is -2.56. The van der Waals surface area contributed by atoms with E-state index in [4.69, 9.17) is 6.42 Å². The summed E-state index contributed by atoms with van der Waals surface area (Å²) in [5.41, 5.74) is 1.07. The molecule has 3 unspecified atom stereocenters. The second-order valence-corrected chi connectivity index (χ2v) is 12.8. The van der Waals surface area contributed by atoms with Gasteiger partial charge in [0.1, 0.15) is 5.60 Å². The minimum absolute atomic E-state index is 0.0495. The summed E-state index contributed by atoms with van der Waals surface area (Å²) in [7, 11) is -3.39. The van der Waals surface area contributed by atoms with Gasteiger partial charge in [-0.3, -0.25) is 0 Å². The standard InChI is InChI=1S/C24H32N2O3S/c1-5-24(27)11-9-19-17-7-6-16-12-20-15(14-25-21(26-20)30(4,28)29)13-22(16,2)18(17)8-10-23(19,24)3/h1,14,16-19,27H,6-13H2,2-4H3/t16-,17?,18?,19?,22-,23-,24-/m0/s1. The van der Waals surface area contributed by atoms with Crippen molar-refractivity contribution in [3.63, 3.8) is 0 Å². The summed E-state index contributed by atoms with van der Waals surface area (Å²) < 4.78 is 23.8. The van der Waals surface area contributed by atoms with Gasteiger partial charge in [0, 0.05) is 23.6 Å². The van der Waals surface area contributed by atoms with Gasteiger partial charge in [0.05, 0.1) is 0 Å². The predicted molar refractivity (Wildman–Crippen MR) is 114 cm³/mol. The first kappa shape index (κ1) is 20.5. The van der Waals surface area contributed by atoms with Crippen LogP contribution in [0.5, 0.6) is 0 Å². The van der Waals surface area contributed by atoms with Crippen LogP contribution in [0.15, 0.2) is 11.4 Å². The van der Waals surface area contributed by atoms with E-state index in [1.165, 1.54) is 12.7 Å². The third-order valence-electron chi connectivity index (χ3n) is 9.73. The van der Waals surface area contributed by atoms with Crippen molar-refractivity contribution < 1.29 is 13.5 Å². The molecular formula is C24H32N2O3S. The molecule has 30 heavy (non-hydrogen) atoms. The van der Waals surface area contributed by atoms with Crippen LogP contribution in [0.4, 0.5) is 0 Å². The van der Waals surface area contributed by atoms with Gasteiger partial charge < -0.3 is 5.11 Å². The molecule has 0 spiro atoms. The number of aliphatic hydroxyl groups is 1. The van der Waals surface area contributed by atoms with Crippen LogP contribution in [0.2, 0.25) is 0 Å². The van der Waals surface area contributed by atoms with E-state index in [-0.39, 0.29) is 16.0 Å². The van der Waals surface area contributed by atoms with Crippen molar-refractivity contribution in [2.75, 3.05) is 6.26 Å². The third kappa shape index (κ3) is 2.61. The first-order valence-electron chi connectivity index (χ1n) is 11.3. The number of nitrogens with zero attached hydrogens (tertiary/aromatic N) is 2. The van der Waals surface area contributed by atoms with Crippen LogP contribution in [0.1, 0.15) is 63.6 Å². The fraction of sp³-hybridized carbons (Fsp3) is 0.750. The summed E-state index contributed by atoms with van der Waals surface area (Å²) in [6, 6.07) is 0. The molecule has 1 heterocycles. The van der Waals surface area contributed by atoms with Crippen molar-refractivity contribution in [1.82, 2.24) is 9.97 Å². The van der Waals surface area contributed by atoms with Gasteiger partial charge in [-0.1, -0.05) is 19.8 Å². The van der Waals surface area contributed by atoms with Gasteiger partial charge >= 0.3 is 0 Å². The Hall–Kier alpha value is -1.45. The van der Waals surface area contributed by atoms with Crippen molar-refractivity contribution in [2.45, 2.75) is 76.0 Å². The number of hydrogen-bond donors (Lipinski definition) is 1. The molecule has 7 atom stereocenters. The molecule has 162 valence electrons. The minimum atomic E-state index is -3.39. The van der Waals surface area contributed by atoms with Gasteiger partial charge in [-0.25, -0.2) is 18.4 Å². The van der Waals surface area contributed by atoms with E-state index in [9.17, 15) is 13.5 Å². The fourth-order valence-corrected chi connectivity index (χ4v) is 8.49. The van der Waals surface area contributed by atoms with E-state index in [1.54, 1.807) is 6.20 Å². The number of sulfone groups is 1. The van der Waals surface area contributed by atoms with Gasteiger partial charge in [-0.15, -0.1) is 6.42 Å². The Balaban J connectivity index is 1.48. The largest absolute Gasteiger partial charge is 0.377 e. The Morgan fingerprint density at radius 3 is 2.60 bits per heavy atom. The predicted octanol–water partition coefficient (Wildman–Crippen LogP) is 3.20. The zero-order chi connectivity index (χ0) is 21.5. The number of rotatable bonds is 1. The van der Waals surface area contributed by atoms with Crippen molar-refractivity contribution in [3.05, 3.63) is 17.5 Å². The number of terminal acetylenes is 1. The molecule has 0 bridgehead atoms. The van der Waals surface area contributed by atoms with Crippen LogP contribution in [0.3, 0.4) is 0 Å². The Morgan fingerprint density at radius 1 is 1.17 bits per heavy atom. The summed E-state index contributed by atoms with van der Waals surface area (Å²) in [5.74, 6) is 4.98. The van der Waals surface area contributed by atoms with Gasteiger partial charge in [-0.2, -0.15) is 0 Å². The molecule has 1 aromatic heterocycles. The zero-order valence-electron chi connectivity index (χ0n) is 18.2. The highest BCUT2D eigenvalue weighted by molar-refractivity contribution is 7.90. The summed E-state index contributed by atoms with van der Waals surface area (Å²) in [5, 5.41) is 11.1. The van der Waals surface area contributed by atoms with Crippen molar-refractivity contribution >= 4 is 9.84 Å². The van der Waals surface area contributed by atoms with Gasteiger partial charge in [0.2, 0.25) is 15.0 Å². The zero-order valence-corrected chi connectivity index (χ0v) is 19.0. The Morgan fingerprint density at radius 2 is 1.90 bits per heavy atom. The van der Waals surface area contributed by atoms with E-state index < -0.39 is 15.4 Å². The van der Waals surface area contributed by atoms with E-state index in [0.717, 1.165) is 56.2 Å². The number of aromatic nitrogens is 2. The van der Waals surface area contributed by atoms with Gasteiger partial charge in [0.15, 0.2) is 0 Å². The van der Waals surface area contributed by atoms with Crippen LogP contribution < -0.4 is 0 Å². The molecule has 4 aliphatic rings. The lowest BCUT2D eigenvalue weighted by Gasteiger charge is -2.60. The van der Waals surface area contributed by atoms with Gasteiger partial charge in [-0.05, 0) is 86.0 Å². The highest BCUT2D eigenvalue weighted by atomic mass is 32.2. The lowest BCUT2D eigenvalue weighted by molar-refractivity contribution is -0.127. The molecule has 6 heteroatoms. The molecule has 0 aromatic carbocycles. The third-order valence-corrected chi connectivity index (χ3v) is 10.6. The molecule has 0 aliphatic heterocycles. The van der Waals surface area contributed by atoms with Crippen LogP contribution in [-0.4, -0.2) is 35.3 Å². The lowest BCUT2D eigenvalue weighted by atomic mass is 9.44. The second kappa shape index (κ2) is 6.29. The van der Waals surface area contributed by atoms with E-state index >= 15 is 0 Å². The molecule has 3 saturated carbocycles. The van der Waals surface area contributed by atoms with Gasteiger partial charge in [0.25, 0.3) is 0 Å². The maximum absolute atomic E-state index is 11.9. The number of fused-ring (bicyclic) bond motifs is 6. The smallest absolute Gasteiger partial charge is 0.246 e. The quantitative estimate of drug-likeness (QED) is 0.549. The molecule has 0 radical (unpaired) electrons. The highest BCUT2D eigenvalue weighted by Gasteiger charge is 2.64. The summed E-state index contributed by atoms with van der Waals surface area (Å²) in [4.78, 5) is 8.63. The molecular weight excluding hydrogens is 396 g/mol. The summed E-state index contributed by atoms with van der Waals surface area (Å²) in [6.45, 7) is 4.67. The average molecular weight is 429 g/mol. The molecule has 1 N–H and O–H groups in total. The van der Waals surface area contributed by atoms with E-state index in [0.29, 0.717) is 23.7 Å². The maximum Gasteiger partial charge on any atom is 0.246 e. The van der Waals surface area contributed by atoms with Crippen molar-refractivity contribution in [3.8, 4) is 12.3 Å². The topological polar surface area (TPSA) is 80.2 Å². The average Bonchev–Trinajstić information content (AvgIpc) is 2.96. The minimum Gasteiger partial charge on any atom is -0.377 e. The van der Waals surface area contributed by atoms with Crippen LogP contribution in [-0.2, 0) is 22.7 Å². The Kier molecular flexibility index (Phi) is 4.29. The number of hydrogen-bond acceptors (Lipinski definition) is 5. The Labute approximate surface area is 180 Å². The monoisotopic (exact) mass is 428 g/mol. The van der Waals surface area contributed by atoms with Crippen LogP contribution in [0.25, 0.3) is 0 Å². The highest BCUT2D eigenvalue weighted by Crippen LogP contribution is 2.67. The van der Waals surface area contributed by atoms with E-state index in [2.05, 4.69) is 29.7 Å². The molecule has 4 aliphatic carbocycles. The molecule has 0 saturated heterocycles. The molecule has 0 amide bonds. The molecule has 3 fully saturated rings. The molecule has 1 aromatic rings. The molecule has 5 nitrogen and oxygen atoms in total. The second-order valence-electron chi connectivity index (χ2n) is 10.9. The fourth-order valence-electron chi connectivity index (χ4n) is 7.97. The normalized spacial score (nSPS) is 44.9. The SMILES string of the molecule is C#C[C@]1(O)CCC2C3CC[C@H]4Cc5nc(S(C)(=O)=O)ncc5C[C@]4(C)C3CC[C@@]21C. The van der Waals surface area contributed by atoms with Crippen molar-refractivity contribution in [1.29, 1.82) is 0 Å². The Bertz CT molecular complexity index is 1050. The van der Waals surface area contributed by atoms with Crippen LogP contribution in [0, 0.1) is 46.8 Å². The van der Waals surface area contributed by atoms with Crippen LogP contribution >= 0.6 is 0 Å². The molecule has 5 rings (SSSR count). The van der Waals surface area contributed by atoms with E-state index in [1.807, 2.05) is 0 Å². The summed E-state index contributed by atoms with van der Waals surface area (Å²) >= 11 is 0. The first-order chi connectivity index (χ1) is 14.0. The maximum atomic E-state index is 11.9. The first-order valence-corrected chi connectivity index (χ1v) is 13.2. The summed E-state index contributed by atoms with van der Waals surface area (Å²) in [6.07, 6.45) is 16.6. The van der Waals surface area contributed by atoms with Crippen molar-refractivity contribution in [2.24, 2.45) is 34.5 Å².